The Morgan fingerprint density at radius 1 is 0.900 bits per heavy atom. The fraction of sp³-hybridized carbons (Fsp3) is 0.425. The van der Waals surface area contributed by atoms with E-state index in [1.807, 2.05) is 6.07 Å². The number of aryl methyl sites for hydroxylation is 2. The molecular weight excluding hydrogens is 654 g/mol. The maximum Gasteiger partial charge on any atom is 0.336 e. The van der Waals surface area contributed by atoms with Crippen molar-refractivity contribution in [1.29, 1.82) is 0 Å². The van der Waals surface area contributed by atoms with Gasteiger partial charge in [0.25, 0.3) is 11.8 Å². The predicted molar refractivity (Wildman–Crippen MR) is 191 cm³/mol. The van der Waals surface area contributed by atoms with E-state index in [1.54, 1.807) is 12.1 Å². The Kier molecular flexibility index (Phi) is 9.05. The number of anilines is 1. The molecule has 3 aromatic carbocycles. The number of halogens is 1. The quantitative estimate of drug-likeness (QED) is 0.193. The second kappa shape index (κ2) is 13.3. The summed E-state index contributed by atoms with van der Waals surface area (Å²) in [5, 5.41) is 13.7. The van der Waals surface area contributed by atoms with Crippen molar-refractivity contribution in [3.8, 4) is 0 Å². The van der Waals surface area contributed by atoms with E-state index in [-0.39, 0.29) is 30.2 Å². The number of carbonyl (C=O) groups is 4. The van der Waals surface area contributed by atoms with Crippen LogP contribution < -0.4 is 20.1 Å². The first-order chi connectivity index (χ1) is 23.9. The van der Waals surface area contributed by atoms with E-state index in [0.29, 0.717) is 22.1 Å². The minimum atomic E-state index is -1.00. The van der Waals surface area contributed by atoms with E-state index in [9.17, 15) is 24.3 Å². The largest absolute Gasteiger partial charge is 0.478 e. The highest BCUT2D eigenvalue weighted by Crippen LogP contribution is 2.45. The van der Waals surface area contributed by atoms with Crippen molar-refractivity contribution >= 4 is 46.6 Å². The van der Waals surface area contributed by atoms with Crippen molar-refractivity contribution in [3.63, 3.8) is 0 Å². The zero-order valence-corrected chi connectivity index (χ0v) is 29.7. The Bertz CT molecular complexity index is 2070. The van der Waals surface area contributed by atoms with Gasteiger partial charge in [-0.3, -0.25) is 9.59 Å². The molecule has 1 saturated heterocycles. The van der Waals surface area contributed by atoms with E-state index in [1.165, 1.54) is 33.3 Å². The zero-order valence-electron chi connectivity index (χ0n) is 28.9. The van der Waals surface area contributed by atoms with Crippen LogP contribution in [0, 0.1) is 0 Å². The van der Waals surface area contributed by atoms with Gasteiger partial charge in [-0.05, 0) is 101 Å². The van der Waals surface area contributed by atoms with E-state index >= 15 is 0 Å². The number of nitrogens with zero attached hydrogens (tertiary/aromatic N) is 3. The van der Waals surface area contributed by atoms with Crippen LogP contribution in [0.5, 0.6) is 0 Å². The van der Waals surface area contributed by atoms with Crippen molar-refractivity contribution in [2.75, 3.05) is 31.6 Å². The first-order valence-corrected chi connectivity index (χ1v) is 18.1. The fourth-order valence-corrected chi connectivity index (χ4v) is 8.42. The lowest BCUT2D eigenvalue weighted by atomic mass is 9.67. The average molecular weight is 697 g/mol. The summed E-state index contributed by atoms with van der Waals surface area (Å²) in [4.78, 5) is 55.9. The minimum absolute atomic E-state index is 0.0828. The smallest absolute Gasteiger partial charge is 0.336 e. The summed E-state index contributed by atoms with van der Waals surface area (Å²) in [6, 6.07) is 14.5. The summed E-state index contributed by atoms with van der Waals surface area (Å²) in [5.41, 5.74) is 8.64. The van der Waals surface area contributed by atoms with Gasteiger partial charge in [0, 0.05) is 66.5 Å². The highest BCUT2D eigenvalue weighted by molar-refractivity contribution is 6.31. The number of aromatic carboxylic acids is 1. The molecule has 10 heteroatoms. The molecule has 0 aromatic heterocycles. The Morgan fingerprint density at radius 3 is 2.42 bits per heavy atom. The van der Waals surface area contributed by atoms with Crippen LogP contribution in [0.25, 0.3) is 5.57 Å². The highest BCUT2D eigenvalue weighted by Gasteiger charge is 2.37. The summed E-state index contributed by atoms with van der Waals surface area (Å²) in [7, 11) is 2.15. The lowest BCUT2D eigenvalue weighted by Crippen LogP contribution is -2.42. The van der Waals surface area contributed by atoms with Crippen LogP contribution in [-0.2, 0) is 37.5 Å². The van der Waals surface area contributed by atoms with Crippen LogP contribution in [0.4, 0.5) is 5.69 Å². The molecule has 0 saturated carbocycles. The van der Waals surface area contributed by atoms with Gasteiger partial charge in [-0.2, -0.15) is 0 Å². The molecule has 4 aliphatic rings. The van der Waals surface area contributed by atoms with Crippen molar-refractivity contribution in [1.82, 2.24) is 9.64 Å². The van der Waals surface area contributed by atoms with E-state index < -0.39 is 23.8 Å². The summed E-state index contributed by atoms with van der Waals surface area (Å²) in [5.74, 6) is -2.49. The third-order valence-electron chi connectivity index (χ3n) is 10.9. The highest BCUT2D eigenvalue weighted by atomic mass is 35.5. The van der Waals surface area contributed by atoms with Crippen molar-refractivity contribution in [2.24, 2.45) is 0 Å². The number of unbranched alkanes of at least 4 members (excludes halogenated alkanes) is 2. The fourth-order valence-electron chi connectivity index (χ4n) is 8.25. The van der Waals surface area contributed by atoms with Crippen molar-refractivity contribution < 1.29 is 29.1 Å². The number of carboxylic acids is 1. The van der Waals surface area contributed by atoms with Gasteiger partial charge in [-0.15, -0.1) is 5.06 Å². The third kappa shape index (κ3) is 6.10. The number of carboxylic acid groups (broad SMARTS) is 1. The number of benzene rings is 3. The van der Waals surface area contributed by atoms with Gasteiger partial charge in [0.1, 0.15) is 13.6 Å². The van der Waals surface area contributed by atoms with E-state index in [0.717, 1.165) is 74.5 Å². The second-order valence-electron chi connectivity index (χ2n) is 14.5. The molecule has 0 radical (unpaired) electrons. The van der Waals surface area contributed by atoms with Gasteiger partial charge in [-0.1, -0.05) is 37.9 Å². The number of imide groups is 1. The standard InChI is InChI=1S/C40H42ClN3O6/c1-40(2)31-22-33-24(9-7-16-42(33)3)19-29(31)38(27-13-12-26(41)21-28(27)39(48)49)30-20-25-10-8-18-43(34(25)23-32(30)40)17-6-4-5-11-37(47)50-44-35(45)14-15-36(44)46/h12-13,19-23H,4-11,14-18H2,1-3H3/p+1. The summed E-state index contributed by atoms with van der Waals surface area (Å²) in [6.07, 6.45) is 6.60. The number of fused-ring (bicyclic) bond motifs is 4. The monoisotopic (exact) mass is 696 g/mol. The zero-order chi connectivity index (χ0) is 35.3. The molecule has 0 unspecified atom stereocenters. The number of hydroxylamine groups is 2. The van der Waals surface area contributed by atoms with E-state index in [2.05, 4.69) is 54.6 Å². The van der Waals surface area contributed by atoms with Crippen LogP contribution in [-0.4, -0.2) is 60.6 Å². The van der Waals surface area contributed by atoms with Crippen LogP contribution in [0.2, 0.25) is 5.02 Å². The lowest BCUT2D eigenvalue weighted by molar-refractivity contribution is -0.197. The number of hydrogen-bond acceptors (Lipinski definition) is 6. The molecule has 7 rings (SSSR count). The topological polar surface area (TPSA) is 107 Å². The summed E-state index contributed by atoms with van der Waals surface area (Å²) < 4.78 is 2.33. The minimum Gasteiger partial charge on any atom is -0.478 e. The van der Waals surface area contributed by atoms with E-state index in [4.69, 9.17) is 16.4 Å². The number of hydrogen-bond donors (Lipinski definition) is 1. The first kappa shape index (κ1) is 34.0. The van der Waals surface area contributed by atoms with Crippen LogP contribution in [0.3, 0.4) is 0 Å². The molecule has 0 spiro atoms. The SMILES string of the molecule is C[N+]1=c2cc3c(cc2CCC1)=C(c1ccc(Cl)cc1C(=O)O)c1cc2c(cc1C3(C)C)N(CCCCCC(=O)ON1C(=O)CCC1=O)CCC2. The van der Waals surface area contributed by atoms with Crippen molar-refractivity contribution in [3.05, 3.63) is 97.0 Å². The number of rotatable bonds is 9. The molecule has 3 aliphatic heterocycles. The molecule has 2 amide bonds. The maximum atomic E-state index is 12.7. The van der Waals surface area contributed by atoms with Gasteiger partial charge in [0.2, 0.25) is 5.36 Å². The van der Waals surface area contributed by atoms with Gasteiger partial charge in [-0.25, -0.2) is 14.2 Å². The van der Waals surface area contributed by atoms with Gasteiger partial charge < -0.3 is 14.8 Å². The molecule has 1 fully saturated rings. The van der Waals surface area contributed by atoms with Crippen LogP contribution in [0.1, 0.15) is 109 Å². The molecule has 260 valence electrons. The predicted octanol–water partition coefficient (Wildman–Crippen LogP) is 4.91. The van der Waals surface area contributed by atoms with Crippen molar-refractivity contribution in [2.45, 2.75) is 83.5 Å². The Morgan fingerprint density at radius 2 is 1.66 bits per heavy atom. The molecule has 0 bridgehead atoms. The van der Waals surface area contributed by atoms with Gasteiger partial charge in [0.15, 0.2) is 0 Å². The van der Waals surface area contributed by atoms with Crippen LogP contribution in [0.15, 0.2) is 42.5 Å². The average Bonchev–Trinajstić information content (AvgIpc) is 3.40. The molecule has 50 heavy (non-hydrogen) atoms. The third-order valence-corrected chi connectivity index (χ3v) is 11.1. The molecule has 1 N–H and O–H groups in total. The van der Waals surface area contributed by atoms with Crippen LogP contribution >= 0.6 is 11.6 Å². The molecule has 0 atom stereocenters. The molecule has 3 aromatic rings. The van der Waals surface area contributed by atoms with Gasteiger partial charge >= 0.3 is 11.9 Å². The Hall–Kier alpha value is -4.50. The summed E-state index contributed by atoms with van der Waals surface area (Å²) in [6.45, 7) is 7.31. The number of carbonyl (C=O) groups excluding carboxylic acids is 3. The normalized spacial score (nSPS) is 17.7. The molecule has 9 nitrogen and oxygen atoms in total. The Labute approximate surface area is 296 Å². The molecular formula is C40H43ClN3O6+. The summed E-state index contributed by atoms with van der Waals surface area (Å²) >= 11 is 6.36. The molecule has 1 aliphatic carbocycles. The molecule has 3 heterocycles. The lowest BCUT2D eigenvalue weighted by Gasteiger charge is -2.39. The first-order valence-electron chi connectivity index (χ1n) is 17.7. The number of amides is 2. The second-order valence-corrected chi connectivity index (χ2v) is 15.0. The Balaban J connectivity index is 1.23. The maximum absolute atomic E-state index is 12.7. The van der Waals surface area contributed by atoms with Gasteiger partial charge in [0.05, 0.1) is 5.56 Å².